The van der Waals surface area contributed by atoms with Crippen LogP contribution in [-0.4, -0.2) is 29.4 Å². The van der Waals surface area contributed by atoms with Crippen LogP contribution in [-0.2, 0) is 4.74 Å². The summed E-state index contributed by atoms with van der Waals surface area (Å²) in [7, 11) is 0. The van der Waals surface area contributed by atoms with E-state index in [1.807, 2.05) is 19.9 Å². The van der Waals surface area contributed by atoms with Gasteiger partial charge < -0.3 is 15.4 Å². The minimum atomic E-state index is -0.392. The number of aromatic nitrogens is 1. The quantitative estimate of drug-likeness (QED) is 0.392. The van der Waals surface area contributed by atoms with Crippen molar-refractivity contribution in [2.45, 2.75) is 26.7 Å². The number of nitrogens with one attached hydrogen (secondary N) is 2. The molecule has 3 rings (SSSR count). The minimum Gasteiger partial charge on any atom is -0.462 e. The van der Waals surface area contributed by atoms with Crippen LogP contribution in [0, 0.1) is 6.92 Å². The Balaban J connectivity index is 1.72. The highest BCUT2D eigenvalue weighted by atomic mass is 16.5. The lowest BCUT2D eigenvalue weighted by molar-refractivity contribution is 0.0499. The van der Waals surface area contributed by atoms with Crippen molar-refractivity contribution in [2.24, 2.45) is 0 Å². The Morgan fingerprint density at radius 1 is 0.875 bits per heavy atom. The number of esters is 1. The zero-order chi connectivity index (χ0) is 22.9. The molecule has 0 fully saturated rings. The molecule has 7 nitrogen and oxygen atoms in total. The number of pyridine rings is 1. The van der Waals surface area contributed by atoms with Gasteiger partial charge in [-0.1, -0.05) is 25.5 Å². The van der Waals surface area contributed by atoms with Gasteiger partial charge in [0.05, 0.1) is 23.4 Å². The molecule has 0 spiro atoms. The summed E-state index contributed by atoms with van der Waals surface area (Å²) in [4.78, 5) is 41.4. The normalized spacial score (nSPS) is 10.3. The van der Waals surface area contributed by atoms with Gasteiger partial charge in [-0.05, 0) is 61.4 Å². The van der Waals surface area contributed by atoms with Gasteiger partial charge in [0, 0.05) is 23.6 Å². The maximum Gasteiger partial charge on any atom is 0.338 e. The van der Waals surface area contributed by atoms with Crippen molar-refractivity contribution in [1.82, 2.24) is 4.98 Å². The summed E-state index contributed by atoms with van der Waals surface area (Å²) >= 11 is 0. The van der Waals surface area contributed by atoms with E-state index in [2.05, 4.69) is 15.6 Å². The summed E-state index contributed by atoms with van der Waals surface area (Å²) in [5.74, 6) is -1.10. The number of hydrogen-bond donors (Lipinski definition) is 2. The third-order valence-corrected chi connectivity index (χ3v) is 4.81. The van der Waals surface area contributed by atoms with Gasteiger partial charge in [-0.15, -0.1) is 0 Å². The molecule has 3 aromatic rings. The Bertz CT molecular complexity index is 1100. The van der Waals surface area contributed by atoms with Crippen molar-refractivity contribution in [3.05, 3.63) is 89.2 Å². The van der Waals surface area contributed by atoms with Gasteiger partial charge in [-0.3, -0.25) is 14.6 Å². The molecule has 2 amide bonds. The lowest BCUT2D eigenvalue weighted by atomic mass is 10.1. The van der Waals surface area contributed by atoms with Crippen molar-refractivity contribution in [1.29, 1.82) is 0 Å². The smallest absolute Gasteiger partial charge is 0.338 e. The SMILES string of the molecule is CCCCOC(=O)c1ccc(NC(=O)c2cccc(C)c2NC(=O)c2ccncc2)cc1. The van der Waals surface area contributed by atoms with E-state index in [-0.39, 0.29) is 11.8 Å². The fourth-order valence-electron chi connectivity index (χ4n) is 2.99. The Labute approximate surface area is 186 Å². The van der Waals surface area contributed by atoms with Crippen molar-refractivity contribution in [2.75, 3.05) is 17.2 Å². The molecule has 0 unspecified atom stereocenters. The van der Waals surface area contributed by atoms with Gasteiger partial charge in [0.2, 0.25) is 0 Å². The first kappa shape index (κ1) is 22.7. The Hall–Kier alpha value is -4.00. The summed E-state index contributed by atoms with van der Waals surface area (Å²) in [5, 5.41) is 5.63. The second kappa shape index (κ2) is 10.9. The Morgan fingerprint density at radius 2 is 1.59 bits per heavy atom. The molecule has 0 aliphatic rings. The van der Waals surface area contributed by atoms with Crippen molar-refractivity contribution in [3.8, 4) is 0 Å². The molecular weight excluding hydrogens is 406 g/mol. The van der Waals surface area contributed by atoms with Crippen LogP contribution < -0.4 is 10.6 Å². The second-order valence-corrected chi connectivity index (χ2v) is 7.21. The van der Waals surface area contributed by atoms with Crippen molar-refractivity contribution >= 4 is 29.2 Å². The lowest BCUT2D eigenvalue weighted by Crippen LogP contribution is -2.19. The van der Waals surface area contributed by atoms with Crippen LogP contribution >= 0.6 is 0 Å². The maximum atomic E-state index is 12.9. The highest BCUT2D eigenvalue weighted by molar-refractivity contribution is 6.13. The number of carbonyl (C=O) groups excluding carboxylic acids is 3. The van der Waals surface area contributed by atoms with E-state index in [9.17, 15) is 14.4 Å². The topological polar surface area (TPSA) is 97.4 Å². The molecule has 0 saturated carbocycles. The van der Waals surface area contributed by atoms with Crippen LogP contribution in [0.25, 0.3) is 0 Å². The number of hydrogen-bond acceptors (Lipinski definition) is 5. The number of carbonyl (C=O) groups is 3. The van der Waals surface area contributed by atoms with Gasteiger partial charge in [-0.25, -0.2) is 4.79 Å². The van der Waals surface area contributed by atoms with E-state index in [1.165, 1.54) is 12.4 Å². The molecule has 0 aliphatic carbocycles. The first-order valence-corrected chi connectivity index (χ1v) is 10.4. The van der Waals surface area contributed by atoms with Crippen LogP contribution in [0.4, 0.5) is 11.4 Å². The number of anilines is 2. The predicted octanol–water partition coefficient (Wildman–Crippen LogP) is 4.85. The molecule has 2 N–H and O–H groups in total. The van der Waals surface area contributed by atoms with Crippen LogP contribution in [0.5, 0.6) is 0 Å². The average molecular weight is 431 g/mol. The molecule has 0 atom stereocenters. The van der Waals surface area contributed by atoms with E-state index in [0.29, 0.717) is 34.7 Å². The monoisotopic (exact) mass is 431 g/mol. The molecule has 1 heterocycles. The van der Waals surface area contributed by atoms with Gasteiger partial charge in [0.25, 0.3) is 11.8 Å². The molecule has 7 heteroatoms. The van der Waals surface area contributed by atoms with E-state index < -0.39 is 5.97 Å². The first-order chi connectivity index (χ1) is 15.5. The van der Waals surface area contributed by atoms with Gasteiger partial charge in [0.15, 0.2) is 0 Å². The molecule has 0 bridgehead atoms. The first-order valence-electron chi connectivity index (χ1n) is 10.4. The largest absolute Gasteiger partial charge is 0.462 e. The highest BCUT2D eigenvalue weighted by Gasteiger charge is 2.17. The van der Waals surface area contributed by atoms with Crippen LogP contribution in [0.1, 0.15) is 56.4 Å². The maximum absolute atomic E-state index is 12.9. The number of para-hydroxylation sites is 1. The molecule has 0 aliphatic heterocycles. The third-order valence-electron chi connectivity index (χ3n) is 4.81. The number of amides is 2. The van der Waals surface area contributed by atoms with E-state index in [0.717, 1.165) is 18.4 Å². The number of nitrogens with zero attached hydrogens (tertiary/aromatic N) is 1. The molecule has 32 heavy (non-hydrogen) atoms. The van der Waals surface area contributed by atoms with Crippen molar-refractivity contribution < 1.29 is 19.1 Å². The fourth-order valence-corrected chi connectivity index (χ4v) is 2.99. The molecule has 2 aromatic carbocycles. The predicted molar refractivity (Wildman–Crippen MR) is 123 cm³/mol. The van der Waals surface area contributed by atoms with Gasteiger partial charge >= 0.3 is 5.97 Å². The number of rotatable bonds is 8. The zero-order valence-electron chi connectivity index (χ0n) is 18.1. The molecule has 0 saturated heterocycles. The van der Waals surface area contributed by atoms with E-state index in [4.69, 9.17) is 4.74 Å². The number of ether oxygens (including phenoxy) is 1. The fraction of sp³-hybridized carbons (Fsp3) is 0.200. The van der Waals surface area contributed by atoms with Crippen LogP contribution in [0.2, 0.25) is 0 Å². The Kier molecular flexibility index (Phi) is 7.70. The van der Waals surface area contributed by atoms with E-state index in [1.54, 1.807) is 48.5 Å². The number of benzene rings is 2. The average Bonchev–Trinajstić information content (AvgIpc) is 2.81. The number of unbranched alkanes of at least 4 members (excludes halogenated alkanes) is 1. The number of aryl methyl sites for hydroxylation is 1. The Morgan fingerprint density at radius 3 is 2.28 bits per heavy atom. The summed E-state index contributed by atoms with van der Waals surface area (Å²) < 4.78 is 5.19. The molecule has 0 radical (unpaired) electrons. The zero-order valence-corrected chi connectivity index (χ0v) is 18.1. The molecule has 1 aromatic heterocycles. The van der Waals surface area contributed by atoms with Gasteiger partial charge in [-0.2, -0.15) is 0 Å². The van der Waals surface area contributed by atoms with Crippen molar-refractivity contribution in [3.63, 3.8) is 0 Å². The summed E-state index contributed by atoms with van der Waals surface area (Å²) in [6, 6.07) is 14.9. The second-order valence-electron chi connectivity index (χ2n) is 7.21. The lowest BCUT2D eigenvalue weighted by Gasteiger charge is -2.14. The minimum absolute atomic E-state index is 0.329. The highest BCUT2D eigenvalue weighted by Crippen LogP contribution is 2.23. The molecule has 164 valence electrons. The van der Waals surface area contributed by atoms with E-state index >= 15 is 0 Å². The summed E-state index contributed by atoms with van der Waals surface area (Å²) in [6.45, 7) is 4.22. The van der Waals surface area contributed by atoms with Gasteiger partial charge in [0.1, 0.15) is 0 Å². The summed E-state index contributed by atoms with van der Waals surface area (Å²) in [6.07, 6.45) is 4.83. The van der Waals surface area contributed by atoms with Crippen LogP contribution in [0.3, 0.4) is 0 Å². The molecular formula is C25H25N3O4. The summed E-state index contributed by atoms with van der Waals surface area (Å²) in [5.41, 5.74) is 2.90. The van der Waals surface area contributed by atoms with Crippen LogP contribution in [0.15, 0.2) is 67.0 Å². The third kappa shape index (κ3) is 5.78. The standard InChI is InChI=1S/C25H25N3O4/c1-3-4-16-32-25(31)19-8-10-20(11-9-19)27-24(30)21-7-5-6-17(2)22(21)28-23(29)18-12-14-26-15-13-18/h5-15H,3-4,16H2,1-2H3,(H,27,30)(H,28,29).